The summed E-state index contributed by atoms with van der Waals surface area (Å²) in [6, 6.07) is 9.49. The van der Waals surface area contributed by atoms with Crippen LogP contribution in [0.15, 0.2) is 24.3 Å². The molecule has 4 unspecified atom stereocenters. The lowest BCUT2D eigenvalue weighted by atomic mass is 9.88. The molecule has 0 aliphatic carbocycles. The van der Waals surface area contributed by atoms with Crippen molar-refractivity contribution in [3.63, 3.8) is 0 Å². The van der Waals surface area contributed by atoms with Crippen LogP contribution in [0.2, 0.25) is 0 Å². The third-order valence-electron chi connectivity index (χ3n) is 4.38. The lowest BCUT2D eigenvalue weighted by Gasteiger charge is -2.25. The first-order valence-corrected chi connectivity index (χ1v) is 7.33. The number of amides is 1. The van der Waals surface area contributed by atoms with Gasteiger partial charge in [0.15, 0.2) is 0 Å². The molecule has 4 heteroatoms. The largest absolute Gasteiger partial charge is 0.374 e. The van der Waals surface area contributed by atoms with Gasteiger partial charge < -0.3 is 9.64 Å². The van der Waals surface area contributed by atoms with Gasteiger partial charge in [0.05, 0.1) is 29.8 Å². The van der Waals surface area contributed by atoms with E-state index in [1.165, 1.54) is 0 Å². The zero-order valence-corrected chi connectivity index (χ0v) is 13.0. The number of hydrogen-bond acceptors (Lipinski definition) is 3. The molecule has 1 aromatic carbocycles. The summed E-state index contributed by atoms with van der Waals surface area (Å²) in [6.45, 7) is 6.57. The van der Waals surface area contributed by atoms with Gasteiger partial charge in [-0.3, -0.25) is 4.79 Å². The minimum Gasteiger partial charge on any atom is -0.374 e. The van der Waals surface area contributed by atoms with Gasteiger partial charge in [0.1, 0.15) is 0 Å². The molecule has 0 N–H and O–H groups in total. The third-order valence-corrected chi connectivity index (χ3v) is 4.38. The lowest BCUT2D eigenvalue weighted by molar-refractivity contribution is -0.137. The lowest BCUT2D eigenvalue weighted by Crippen LogP contribution is -2.38. The Morgan fingerprint density at radius 1 is 1.33 bits per heavy atom. The first-order valence-electron chi connectivity index (χ1n) is 7.33. The second-order valence-corrected chi connectivity index (χ2v) is 5.94. The van der Waals surface area contributed by atoms with Crippen LogP contribution in [-0.4, -0.2) is 30.1 Å². The highest BCUT2D eigenvalue weighted by molar-refractivity contribution is 5.79. The van der Waals surface area contributed by atoms with Gasteiger partial charge in [-0.15, -0.1) is 0 Å². The minimum absolute atomic E-state index is 0.0459. The monoisotopic (exact) mass is 286 g/mol. The van der Waals surface area contributed by atoms with Crippen LogP contribution >= 0.6 is 0 Å². The summed E-state index contributed by atoms with van der Waals surface area (Å²) in [5, 5.41) is 8.93. The fraction of sp³-hybridized carbons (Fsp3) is 0.529. The number of nitrogens with zero attached hydrogens (tertiary/aromatic N) is 2. The Labute approximate surface area is 126 Å². The zero-order chi connectivity index (χ0) is 15.6. The quantitative estimate of drug-likeness (QED) is 0.858. The zero-order valence-electron chi connectivity index (χ0n) is 13.0. The molecule has 0 spiro atoms. The molecular weight excluding hydrogens is 264 g/mol. The molecule has 1 amide bonds. The smallest absolute Gasteiger partial charge is 0.228 e. The average Bonchev–Trinajstić information content (AvgIpc) is 2.71. The Bertz CT molecular complexity index is 564. The van der Waals surface area contributed by atoms with E-state index in [-0.39, 0.29) is 30.0 Å². The first kappa shape index (κ1) is 15.5. The van der Waals surface area contributed by atoms with Crippen molar-refractivity contribution in [1.29, 1.82) is 5.26 Å². The van der Waals surface area contributed by atoms with E-state index in [4.69, 9.17) is 10.00 Å². The molecule has 1 heterocycles. The highest BCUT2D eigenvalue weighted by Crippen LogP contribution is 2.33. The third kappa shape index (κ3) is 3.25. The van der Waals surface area contributed by atoms with Crippen molar-refractivity contribution in [2.24, 2.45) is 11.8 Å². The van der Waals surface area contributed by atoms with Gasteiger partial charge >= 0.3 is 0 Å². The normalized spacial score (nSPS) is 28.1. The number of hydrogen-bond donors (Lipinski definition) is 0. The summed E-state index contributed by atoms with van der Waals surface area (Å²) in [5.41, 5.74) is 1.59. The summed E-state index contributed by atoms with van der Waals surface area (Å²) < 4.78 is 5.75. The molecule has 1 aliphatic rings. The summed E-state index contributed by atoms with van der Waals surface area (Å²) in [7, 11) is 1.81. The number of carbonyl (C=O) groups is 1. The molecule has 0 saturated carbocycles. The molecule has 4 atom stereocenters. The average molecular weight is 286 g/mol. The van der Waals surface area contributed by atoms with Gasteiger partial charge in [-0.2, -0.15) is 5.26 Å². The van der Waals surface area contributed by atoms with Crippen molar-refractivity contribution in [3.8, 4) is 6.07 Å². The maximum Gasteiger partial charge on any atom is 0.228 e. The Morgan fingerprint density at radius 2 is 2.05 bits per heavy atom. The number of nitriles is 1. The van der Waals surface area contributed by atoms with Crippen LogP contribution in [-0.2, 0) is 16.1 Å². The van der Waals surface area contributed by atoms with E-state index in [0.29, 0.717) is 12.1 Å². The van der Waals surface area contributed by atoms with E-state index in [0.717, 1.165) is 5.56 Å². The molecule has 1 fully saturated rings. The molecule has 0 radical (unpaired) electrons. The van der Waals surface area contributed by atoms with Crippen LogP contribution in [0.3, 0.4) is 0 Å². The van der Waals surface area contributed by atoms with E-state index < -0.39 is 0 Å². The predicted octanol–water partition coefficient (Wildman–Crippen LogP) is 2.58. The van der Waals surface area contributed by atoms with Gasteiger partial charge in [-0.25, -0.2) is 0 Å². The second-order valence-electron chi connectivity index (χ2n) is 5.94. The van der Waals surface area contributed by atoms with Crippen molar-refractivity contribution in [3.05, 3.63) is 35.4 Å². The molecule has 1 saturated heterocycles. The Hall–Kier alpha value is -1.86. The molecule has 4 nitrogen and oxygen atoms in total. The van der Waals surface area contributed by atoms with Crippen LogP contribution < -0.4 is 0 Å². The van der Waals surface area contributed by atoms with Crippen molar-refractivity contribution < 1.29 is 9.53 Å². The van der Waals surface area contributed by atoms with Gasteiger partial charge in [0.2, 0.25) is 5.91 Å². The van der Waals surface area contributed by atoms with Crippen molar-refractivity contribution in [2.75, 3.05) is 7.05 Å². The molecule has 1 aromatic rings. The maximum absolute atomic E-state index is 12.7. The summed E-state index contributed by atoms with van der Waals surface area (Å²) in [4.78, 5) is 14.4. The van der Waals surface area contributed by atoms with Gasteiger partial charge in [-0.1, -0.05) is 19.1 Å². The predicted molar refractivity (Wildman–Crippen MR) is 80.3 cm³/mol. The highest BCUT2D eigenvalue weighted by Gasteiger charge is 2.42. The van der Waals surface area contributed by atoms with E-state index in [2.05, 4.69) is 13.0 Å². The SMILES string of the molecule is CC1OC(C)C(C(=O)N(C)Cc2cccc(C#N)c2)C1C. The van der Waals surface area contributed by atoms with Crippen LogP contribution in [0.4, 0.5) is 0 Å². The maximum atomic E-state index is 12.7. The Kier molecular flexibility index (Phi) is 4.64. The number of ether oxygens (including phenoxy) is 1. The summed E-state index contributed by atoms with van der Waals surface area (Å²) in [5.74, 6) is 0.242. The van der Waals surface area contributed by atoms with E-state index >= 15 is 0 Å². The van der Waals surface area contributed by atoms with E-state index in [9.17, 15) is 4.79 Å². The van der Waals surface area contributed by atoms with Gasteiger partial charge in [0.25, 0.3) is 0 Å². The minimum atomic E-state index is -0.0934. The fourth-order valence-electron chi connectivity index (χ4n) is 3.04. The van der Waals surface area contributed by atoms with Crippen molar-refractivity contribution in [2.45, 2.75) is 39.5 Å². The van der Waals surface area contributed by atoms with Crippen LogP contribution in [0.25, 0.3) is 0 Å². The molecule has 1 aliphatic heterocycles. The van der Waals surface area contributed by atoms with E-state index in [1.54, 1.807) is 11.0 Å². The molecule has 2 rings (SSSR count). The Morgan fingerprint density at radius 3 is 2.62 bits per heavy atom. The molecule has 0 aromatic heterocycles. The van der Waals surface area contributed by atoms with Crippen LogP contribution in [0.1, 0.15) is 31.9 Å². The van der Waals surface area contributed by atoms with Crippen LogP contribution in [0.5, 0.6) is 0 Å². The van der Waals surface area contributed by atoms with Crippen molar-refractivity contribution >= 4 is 5.91 Å². The standard InChI is InChI=1S/C17H22N2O2/c1-11-12(2)21-13(3)16(11)17(20)19(4)10-15-7-5-6-14(8-15)9-18/h5-8,11-13,16H,10H2,1-4H3. The topological polar surface area (TPSA) is 53.3 Å². The van der Waals surface area contributed by atoms with Gasteiger partial charge in [-0.05, 0) is 37.5 Å². The second kappa shape index (κ2) is 6.28. The fourth-order valence-corrected chi connectivity index (χ4v) is 3.04. The highest BCUT2D eigenvalue weighted by atomic mass is 16.5. The van der Waals surface area contributed by atoms with Crippen LogP contribution in [0, 0.1) is 23.2 Å². The summed E-state index contributed by atoms with van der Waals surface area (Å²) >= 11 is 0. The number of rotatable bonds is 3. The molecule has 0 bridgehead atoms. The number of carbonyl (C=O) groups excluding carboxylic acids is 1. The molecular formula is C17H22N2O2. The van der Waals surface area contributed by atoms with E-state index in [1.807, 2.05) is 39.1 Å². The molecule has 112 valence electrons. The van der Waals surface area contributed by atoms with Crippen molar-refractivity contribution in [1.82, 2.24) is 4.90 Å². The Balaban J connectivity index is 2.07. The summed E-state index contributed by atoms with van der Waals surface area (Å²) in [6.07, 6.45) is 0.0691. The molecule has 21 heavy (non-hydrogen) atoms. The first-order chi connectivity index (χ1) is 9.93. The number of benzene rings is 1. The van der Waals surface area contributed by atoms with Gasteiger partial charge in [0, 0.05) is 13.6 Å².